The first-order valence-electron chi connectivity index (χ1n) is 15.2. The number of carboxylic acid groups (broad SMARTS) is 2. The number of nitrogens with two attached hydrogens (primary N) is 1. The summed E-state index contributed by atoms with van der Waals surface area (Å²) in [7, 11) is 2.32. The molecule has 1 heterocycles. The number of alkyl halides is 3. The van der Waals surface area contributed by atoms with E-state index in [1.165, 1.54) is 22.9 Å². The minimum Gasteiger partial charge on any atom is -0.508 e. The average molecular weight is 760 g/mol. The third-order valence-corrected chi connectivity index (χ3v) is 11.5. The number of benzene rings is 2. The monoisotopic (exact) mass is 759 g/mol. The molecule has 1 saturated heterocycles. The molecule has 0 saturated carbocycles. The van der Waals surface area contributed by atoms with E-state index in [1.807, 2.05) is 0 Å². The zero-order valence-corrected chi connectivity index (χ0v) is 29.6. The predicted molar refractivity (Wildman–Crippen MR) is 183 cm³/mol. The van der Waals surface area contributed by atoms with Crippen LogP contribution in [-0.2, 0) is 41.6 Å². The maximum absolute atomic E-state index is 13.5. The van der Waals surface area contributed by atoms with Crippen molar-refractivity contribution in [1.29, 1.82) is 0 Å². The van der Waals surface area contributed by atoms with Gasteiger partial charge in [-0.05, 0) is 57.4 Å². The summed E-state index contributed by atoms with van der Waals surface area (Å²) in [5, 5.41) is 37.2. The van der Waals surface area contributed by atoms with Gasteiger partial charge < -0.3 is 42.3 Å². The summed E-state index contributed by atoms with van der Waals surface area (Å²) < 4.78 is 29.6. The Morgan fingerprint density at radius 2 is 1.45 bits per heavy atom. The highest BCUT2D eigenvalue weighted by Gasteiger charge is 2.44. The van der Waals surface area contributed by atoms with Crippen LogP contribution in [0.1, 0.15) is 38.8 Å². The Morgan fingerprint density at radius 1 is 0.902 bits per heavy atom. The molecule has 0 spiro atoms. The molecule has 3 rings (SSSR count). The summed E-state index contributed by atoms with van der Waals surface area (Å²) in [4.78, 5) is 74.3. The summed E-state index contributed by atoms with van der Waals surface area (Å²) >= 11 is 0. The van der Waals surface area contributed by atoms with Gasteiger partial charge >= 0.3 is 18.1 Å². The van der Waals surface area contributed by atoms with Crippen LogP contribution >= 0.6 is 21.6 Å². The number of carbonyl (C=O) groups is 6. The highest BCUT2D eigenvalue weighted by molar-refractivity contribution is 8.77. The molecule has 19 heteroatoms. The first-order chi connectivity index (χ1) is 23.5. The van der Waals surface area contributed by atoms with Crippen molar-refractivity contribution in [3.05, 3.63) is 65.7 Å². The molecular weight excluding hydrogens is 720 g/mol. The van der Waals surface area contributed by atoms with Gasteiger partial charge in [0.2, 0.25) is 23.6 Å². The fraction of sp³-hybridized carbons (Fsp3) is 0.438. The lowest BCUT2D eigenvalue weighted by Crippen LogP contribution is -2.61. The number of rotatable bonds is 7. The molecule has 1 unspecified atom stereocenters. The van der Waals surface area contributed by atoms with Crippen LogP contribution in [0, 0.1) is 0 Å². The molecule has 9 N–H and O–H groups in total. The van der Waals surface area contributed by atoms with Crippen molar-refractivity contribution in [2.24, 2.45) is 5.73 Å². The van der Waals surface area contributed by atoms with Crippen molar-refractivity contribution in [2.45, 2.75) is 80.4 Å². The van der Waals surface area contributed by atoms with Gasteiger partial charge in [-0.2, -0.15) is 13.2 Å². The summed E-state index contributed by atoms with van der Waals surface area (Å²) in [5.74, 6) is -6.57. The topological polar surface area (TPSA) is 237 Å². The number of hydrogen-bond acceptors (Lipinski definition) is 10. The number of hydrogen-bond donors (Lipinski definition) is 8. The molecule has 0 bridgehead atoms. The van der Waals surface area contributed by atoms with Gasteiger partial charge in [-0.25, -0.2) is 9.59 Å². The molecule has 4 atom stereocenters. The van der Waals surface area contributed by atoms with Gasteiger partial charge in [-0.15, -0.1) is 0 Å². The Morgan fingerprint density at radius 3 is 1.98 bits per heavy atom. The smallest absolute Gasteiger partial charge is 0.490 e. The zero-order chi connectivity index (χ0) is 38.7. The highest BCUT2D eigenvalue weighted by Crippen LogP contribution is 2.46. The molecule has 2 aromatic rings. The maximum atomic E-state index is 13.5. The van der Waals surface area contributed by atoms with Gasteiger partial charge in [0.1, 0.15) is 23.9 Å². The molecule has 0 aliphatic carbocycles. The van der Waals surface area contributed by atoms with Crippen LogP contribution < -0.4 is 27.0 Å². The molecule has 280 valence electrons. The second-order valence-electron chi connectivity index (χ2n) is 12.4. The summed E-state index contributed by atoms with van der Waals surface area (Å²) in [6.45, 7) is 6.21. The third-order valence-electron chi connectivity index (χ3n) is 7.27. The van der Waals surface area contributed by atoms with Crippen LogP contribution in [0.25, 0.3) is 0 Å². The van der Waals surface area contributed by atoms with Gasteiger partial charge in [-0.1, -0.05) is 64.1 Å². The van der Waals surface area contributed by atoms with Crippen molar-refractivity contribution in [1.82, 2.24) is 21.3 Å². The second-order valence-corrected chi connectivity index (χ2v) is 15.8. The zero-order valence-electron chi connectivity index (χ0n) is 27.9. The van der Waals surface area contributed by atoms with E-state index in [9.17, 15) is 47.4 Å². The molecular formula is C32H40F3N5O9S2. The molecule has 1 fully saturated rings. The average Bonchev–Trinajstić information content (AvgIpc) is 3.04. The number of phenols is 1. The summed E-state index contributed by atoms with van der Waals surface area (Å²) in [6.07, 6.45) is -4.85. The number of phenolic OH excluding ortho intramolecular Hbond substituents is 1. The Hall–Kier alpha value is -4.49. The minimum absolute atomic E-state index is 0.0718. The lowest BCUT2D eigenvalue weighted by atomic mass is 10.00. The molecule has 4 amide bonds. The van der Waals surface area contributed by atoms with Crippen molar-refractivity contribution in [2.75, 3.05) is 6.54 Å². The van der Waals surface area contributed by atoms with E-state index in [-0.39, 0.29) is 18.6 Å². The van der Waals surface area contributed by atoms with E-state index in [0.29, 0.717) is 5.56 Å². The number of amides is 4. The molecule has 0 aromatic heterocycles. The first kappa shape index (κ1) is 42.7. The number of aliphatic carboxylic acids is 2. The molecule has 0 radical (unpaired) electrons. The van der Waals surface area contributed by atoms with Crippen molar-refractivity contribution in [3.8, 4) is 5.75 Å². The van der Waals surface area contributed by atoms with E-state index in [4.69, 9.17) is 15.6 Å². The van der Waals surface area contributed by atoms with E-state index < -0.39 is 81.9 Å². The number of carbonyl (C=O) groups excluding carboxylic acids is 4. The standard InChI is InChI=1S/C30H39N5O7S2.C2HF3O2/c1-29(2)23(34-25(38)20(31)14-18-10-12-19(36)13-11-18)27(40)32-16-22(37)33-21(15-17-8-6-5-7-9-17)26(39)35-24(28(41)42)30(3,4)44-43-29;3-2(4,5)1(6)7/h5-13,20-21,23-24,36H,14-16,31H2,1-4H3,(H,32,40)(H,33,37)(H,34,38)(H,35,39)(H,41,42);(H,6,7)/t20-,21?,23-,24-;/m0./s1. The van der Waals surface area contributed by atoms with E-state index in [2.05, 4.69) is 21.3 Å². The van der Waals surface area contributed by atoms with E-state index in [1.54, 1.807) is 70.2 Å². The molecule has 51 heavy (non-hydrogen) atoms. The van der Waals surface area contributed by atoms with Crippen LogP contribution in [0.5, 0.6) is 5.75 Å². The maximum Gasteiger partial charge on any atom is 0.490 e. The van der Waals surface area contributed by atoms with Crippen LogP contribution in [0.15, 0.2) is 54.6 Å². The van der Waals surface area contributed by atoms with E-state index in [0.717, 1.165) is 16.4 Å². The Kier molecular flexibility index (Phi) is 15.2. The summed E-state index contributed by atoms with van der Waals surface area (Å²) in [6, 6.07) is 10.5. The van der Waals surface area contributed by atoms with Gasteiger partial charge in [0, 0.05) is 11.2 Å². The minimum atomic E-state index is -5.08. The SMILES string of the molecule is CC1(C)SSC(C)(C)[C@@H](NC(=O)[C@@H](N)Cc2ccc(O)cc2)C(=O)NCC(=O)NC(Cc2ccccc2)C(=O)N[C@H]1C(=O)O.O=C(O)C(F)(F)F. The molecule has 1 aliphatic heterocycles. The van der Waals surface area contributed by atoms with Crippen LogP contribution in [0.4, 0.5) is 13.2 Å². The van der Waals surface area contributed by atoms with E-state index >= 15 is 0 Å². The lowest BCUT2D eigenvalue weighted by Gasteiger charge is -2.38. The highest BCUT2D eigenvalue weighted by atomic mass is 33.1. The summed E-state index contributed by atoms with van der Waals surface area (Å²) in [5.41, 5.74) is 7.61. The quantitative estimate of drug-likeness (QED) is 0.189. The lowest BCUT2D eigenvalue weighted by molar-refractivity contribution is -0.192. The normalized spacial score (nSPS) is 21.6. The molecule has 14 nitrogen and oxygen atoms in total. The number of aromatic hydroxyl groups is 1. The number of carboxylic acids is 2. The van der Waals surface area contributed by atoms with Crippen molar-refractivity contribution < 1.29 is 57.3 Å². The van der Waals surface area contributed by atoms with Gasteiger partial charge in [-0.3, -0.25) is 19.2 Å². The largest absolute Gasteiger partial charge is 0.508 e. The number of halogens is 3. The van der Waals surface area contributed by atoms with Gasteiger partial charge in [0.05, 0.1) is 17.3 Å². The number of nitrogens with one attached hydrogen (secondary N) is 4. The Balaban J connectivity index is 0.00000116. The second kappa shape index (κ2) is 18.1. The third kappa shape index (κ3) is 13.6. The van der Waals surface area contributed by atoms with Gasteiger partial charge in [0.15, 0.2) is 0 Å². The van der Waals surface area contributed by atoms with Crippen molar-refractivity contribution in [3.63, 3.8) is 0 Å². The fourth-order valence-corrected chi connectivity index (χ4v) is 7.26. The molecule has 1 aliphatic rings. The predicted octanol–water partition coefficient (Wildman–Crippen LogP) is 1.75. The molecule has 2 aromatic carbocycles. The Labute approximate surface area is 299 Å². The first-order valence-corrected chi connectivity index (χ1v) is 17.3. The van der Waals surface area contributed by atoms with Crippen molar-refractivity contribution >= 4 is 57.2 Å². The Bertz CT molecular complexity index is 1560. The van der Waals surface area contributed by atoms with Crippen LogP contribution in [-0.4, -0.2) is 97.3 Å². The van der Waals surface area contributed by atoms with Crippen LogP contribution in [0.2, 0.25) is 0 Å². The fourth-order valence-electron chi connectivity index (χ4n) is 4.44. The van der Waals surface area contributed by atoms with Gasteiger partial charge in [0.25, 0.3) is 0 Å². The van der Waals surface area contributed by atoms with Crippen LogP contribution in [0.3, 0.4) is 0 Å².